The van der Waals surface area contributed by atoms with E-state index < -0.39 is 15.7 Å². The molecule has 0 unspecified atom stereocenters. The molecule has 2 aromatic carbocycles. The van der Waals surface area contributed by atoms with Crippen molar-refractivity contribution in [1.82, 2.24) is 9.80 Å². The van der Waals surface area contributed by atoms with Gasteiger partial charge in [-0.05, 0) is 42.5 Å². The third kappa shape index (κ3) is 4.34. The Labute approximate surface area is 167 Å². The first kappa shape index (κ1) is 20.3. The Morgan fingerprint density at radius 3 is 2.00 bits per heavy atom. The molecular weight excluding hydrogens is 407 g/mol. The Hall–Kier alpha value is -2.45. The number of hydrogen-bond acceptors (Lipinski definition) is 4. The van der Waals surface area contributed by atoms with Crippen molar-refractivity contribution in [3.05, 3.63) is 64.4 Å². The molecular formula is C19H18ClFN2O4S. The molecule has 6 nitrogen and oxygen atoms in total. The van der Waals surface area contributed by atoms with Crippen molar-refractivity contribution < 1.29 is 22.4 Å². The lowest BCUT2D eigenvalue weighted by molar-refractivity contribution is 0.0535. The minimum atomic E-state index is -3.47. The van der Waals surface area contributed by atoms with Gasteiger partial charge >= 0.3 is 0 Å². The third-order valence-electron chi connectivity index (χ3n) is 4.54. The zero-order valence-electron chi connectivity index (χ0n) is 15.1. The van der Waals surface area contributed by atoms with E-state index in [9.17, 15) is 22.4 Å². The summed E-state index contributed by atoms with van der Waals surface area (Å²) in [5.74, 6) is -1.03. The Bertz CT molecular complexity index is 1020. The van der Waals surface area contributed by atoms with Gasteiger partial charge in [0.2, 0.25) is 0 Å². The summed E-state index contributed by atoms with van der Waals surface area (Å²) in [6.45, 7) is 1.19. The van der Waals surface area contributed by atoms with Crippen molar-refractivity contribution in [2.75, 3.05) is 32.4 Å². The monoisotopic (exact) mass is 424 g/mol. The number of rotatable bonds is 3. The van der Waals surface area contributed by atoms with Crippen LogP contribution in [-0.4, -0.2) is 62.5 Å². The maximum absolute atomic E-state index is 13.0. The van der Waals surface area contributed by atoms with Gasteiger partial charge in [0.05, 0.1) is 15.5 Å². The minimum absolute atomic E-state index is 0.0189. The predicted molar refractivity (Wildman–Crippen MR) is 103 cm³/mol. The highest BCUT2D eigenvalue weighted by atomic mass is 35.5. The molecule has 2 aromatic rings. The fourth-order valence-corrected chi connectivity index (χ4v) is 3.80. The molecule has 1 aliphatic rings. The molecule has 1 heterocycles. The summed E-state index contributed by atoms with van der Waals surface area (Å²) in [6, 6.07) is 9.31. The normalized spacial score (nSPS) is 14.8. The SMILES string of the molecule is CS(=O)(=O)c1ccc(Cl)c(C(=O)N2CCN(C(=O)c3ccc(F)cc3)CC2)c1. The first-order chi connectivity index (χ1) is 13.2. The zero-order chi connectivity index (χ0) is 20.5. The van der Waals surface area contributed by atoms with Crippen molar-refractivity contribution >= 4 is 33.3 Å². The number of piperazine rings is 1. The van der Waals surface area contributed by atoms with Gasteiger partial charge in [-0.2, -0.15) is 0 Å². The molecule has 0 radical (unpaired) electrons. The molecule has 28 heavy (non-hydrogen) atoms. The van der Waals surface area contributed by atoms with Crippen molar-refractivity contribution in [3.8, 4) is 0 Å². The van der Waals surface area contributed by atoms with Crippen LogP contribution in [0.3, 0.4) is 0 Å². The van der Waals surface area contributed by atoms with Crippen LogP contribution in [0.1, 0.15) is 20.7 Å². The maximum Gasteiger partial charge on any atom is 0.255 e. The highest BCUT2D eigenvalue weighted by Gasteiger charge is 2.27. The maximum atomic E-state index is 13.0. The first-order valence-electron chi connectivity index (χ1n) is 8.50. The summed E-state index contributed by atoms with van der Waals surface area (Å²) < 4.78 is 36.5. The number of benzene rings is 2. The van der Waals surface area contributed by atoms with Crippen LogP contribution < -0.4 is 0 Å². The number of sulfone groups is 1. The summed E-state index contributed by atoms with van der Waals surface area (Å²) in [7, 11) is -3.47. The lowest BCUT2D eigenvalue weighted by Crippen LogP contribution is -2.50. The van der Waals surface area contributed by atoms with Crippen molar-refractivity contribution in [3.63, 3.8) is 0 Å². The molecule has 1 aliphatic heterocycles. The predicted octanol–water partition coefficient (Wildman–Crippen LogP) is 2.48. The number of hydrogen-bond donors (Lipinski definition) is 0. The van der Waals surface area contributed by atoms with Gasteiger partial charge in [-0.3, -0.25) is 9.59 Å². The molecule has 148 valence electrons. The largest absolute Gasteiger partial charge is 0.335 e. The van der Waals surface area contributed by atoms with Gasteiger partial charge in [0.25, 0.3) is 11.8 Å². The number of carbonyl (C=O) groups excluding carboxylic acids is 2. The minimum Gasteiger partial charge on any atom is -0.335 e. The van der Waals surface area contributed by atoms with Crippen molar-refractivity contribution in [2.24, 2.45) is 0 Å². The highest BCUT2D eigenvalue weighted by Crippen LogP contribution is 2.23. The van der Waals surface area contributed by atoms with Crippen LogP contribution in [0.25, 0.3) is 0 Å². The van der Waals surface area contributed by atoms with E-state index >= 15 is 0 Å². The molecule has 2 amide bonds. The van der Waals surface area contributed by atoms with Crippen LogP contribution in [0, 0.1) is 5.82 Å². The van der Waals surface area contributed by atoms with Crippen LogP contribution in [0.4, 0.5) is 4.39 Å². The Morgan fingerprint density at radius 2 is 1.46 bits per heavy atom. The molecule has 0 aliphatic carbocycles. The van der Waals surface area contributed by atoms with Crippen LogP contribution in [0.5, 0.6) is 0 Å². The summed E-state index contributed by atoms with van der Waals surface area (Å²) in [4.78, 5) is 28.4. The first-order valence-corrected chi connectivity index (χ1v) is 10.8. The standard InChI is InChI=1S/C19H18ClFN2O4S/c1-28(26,27)15-6-7-17(20)16(12-15)19(25)23-10-8-22(9-11-23)18(24)13-2-4-14(21)5-3-13/h2-7,12H,8-11H2,1H3. The van der Waals surface area contributed by atoms with E-state index in [1.54, 1.807) is 4.90 Å². The zero-order valence-corrected chi connectivity index (χ0v) is 16.6. The lowest BCUT2D eigenvalue weighted by Gasteiger charge is -2.35. The van der Waals surface area contributed by atoms with Crippen LogP contribution >= 0.6 is 11.6 Å². The molecule has 3 rings (SSSR count). The second kappa shape index (κ2) is 7.89. The summed E-state index contributed by atoms with van der Waals surface area (Å²) in [6.07, 6.45) is 1.06. The number of nitrogens with zero attached hydrogens (tertiary/aromatic N) is 2. The van der Waals surface area contributed by atoms with Crippen molar-refractivity contribution in [1.29, 1.82) is 0 Å². The molecule has 0 bridgehead atoms. The van der Waals surface area contributed by atoms with E-state index in [-0.39, 0.29) is 40.4 Å². The van der Waals surface area contributed by atoms with Gasteiger partial charge in [0.1, 0.15) is 5.82 Å². The quantitative estimate of drug-likeness (QED) is 0.758. The van der Waals surface area contributed by atoms with Crippen LogP contribution in [0.15, 0.2) is 47.4 Å². The number of amides is 2. The van der Waals surface area contributed by atoms with Crippen LogP contribution in [-0.2, 0) is 9.84 Å². The number of carbonyl (C=O) groups is 2. The lowest BCUT2D eigenvalue weighted by atomic mass is 10.1. The molecule has 0 spiro atoms. The van der Waals surface area contributed by atoms with E-state index in [1.807, 2.05) is 0 Å². The summed E-state index contributed by atoms with van der Waals surface area (Å²) in [5.41, 5.74) is 0.493. The van der Waals surface area contributed by atoms with Crippen LogP contribution in [0.2, 0.25) is 5.02 Å². The van der Waals surface area contributed by atoms with E-state index in [1.165, 1.54) is 47.4 Å². The van der Waals surface area contributed by atoms with Crippen molar-refractivity contribution in [2.45, 2.75) is 4.90 Å². The second-order valence-electron chi connectivity index (χ2n) is 6.51. The molecule has 0 saturated carbocycles. The summed E-state index contributed by atoms with van der Waals surface area (Å²) >= 11 is 6.09. The Morgan fingerprint density at radius 1 is 0.929 bits per heavy atom. The Balaban J connectivity index is 1.70. The average Bonchev–Trinajstić information content (AvgIpc) is 2.67. The van der Waals surface area contributed by atoms with Gasteiger partial charge in [-0.1, -0.05) is 11.6 Å². The van der Waals surface area contributed by atoms with E-state index in [4.69, 9.17) is 11.6 Å². The van der Waals surface area contributed by atoms with Gasteiger partial charge in [-0.15, -0.1) is 0 Å². The summed E-state index contributed by atoms with van der Waals surface area (Å²) in [5, 5.41) is 0.169. The molecule has 0 N–H and O–H groups in total. The van der Waals surface area contributed by atoms with Gasteiger partial charge in [-0.25, -0.2) is 12.8 Å². The molecule has 1 saturated heterocycles. The van der Waals surface area contributed by atoms with Gasteiger partial charge in [0.15, 0.2) is 9.84 Å². The van der Waals surface area contributed by atoms with Gasteiger partial charge < -0.3 is 9.80 Å². The number of halogens is 2. The molecule has 0 aromatic heterocycles. The fourth-order valence-electron chi connectivity index (χ4n) is 2.96. The smallest absolute Gasteiger partial charge is 0.255 e. The Kier molecular flexibility index (Phi) is 5.71. The van der Waals surface area contributed by atoms with Gasteiger partial charge in [0, 0.05) is 38.0 Å². The van der Waals surface area contributed by atoms with E-state index in [0.29, 0.717) is 18.7 Å². The second-order valence-corrected chi connectivity index (χ2v) is 8.93. The average molecular weight is 425 g/mol. The molecule has 9 heteroatoms. The molecule has 1 fully saturated rings. The fraction of sp³-hybridized carbons (Fsp3) is 0.263. The third-order valence-corrected chi connectivity index (χ3v) is 5.98. The van der Waals surface area contributed by atoms with E-state index in [2.05, 4.69) is 0 Å². The highest BCUT2D eigenvalue weighted by molar-refractivity contribution is 7.90. The molecule has 0 atom stereocenters. The van der Waals surface area contributed by atoms with E-state index in [0.717, 1.165) is 6.26 Å². The topological polar surface area (TPSA) is 74.8 Å².